The van der Waals surface area contributed by atoms with Crippen LogP contribution in [0.3, 0.4) is 0 Å². The third kappa shape index (κ3) is 8.94. The molecule has 4 nitrogen and oxygen atoms in total. The zero-order chi connectivity index (χ0) is 28.3. The van der Waals surface area contributed by atoms with E-state index < -0.39 is 59.6 Å². The summed E-state index contributed by atoms with van der Waals surface area (Å²) in [5, 5.41) is 2.99. The summed E-state index contributed by atoms with van der Waals surface area (Å²) in [5.41, 5.74) is -1.17. The number of alkyl halides is 6. The number of amides is 2. The van der Waals surface area contributed by atoms with Gasteiger partial charge in [-0.1, -0.05) is 52.5 Å². The number of allylic oxidation sites excluding steroid dienone is 1. The molecule has 0 fully saturated rings. The molecule has 0 aromatic heterocycles. The van der Waals surface area contributed by atoms with E-state index in [4.69, 9.17) is 46.4 Å². The molecule has 0 saturated carbocycles. The van der Waals surface area contributed by atoms with E-state index in [0.29, 0.717) is 0 Å². The van der Waals surface area contributed by atoms with E-state index in [9.17, 15) is 40.3 Å². The average Bonchev–Trinajstić information content (AvgIpc) is 2.72. The highest BCUT2D eigenvalue weighted by Crippen LogP contribution is 2.42. The summed E-state index contributed by atoms with van der Waals surface area (Å²) in [4.78, 5) is 23.7. The quantitative estimate of drug-likeness (QED) is 0.188. The van der Waals surface area contributed by atoms with Crippen molar-refractivity contribution in [2.45, 2.75) is 37.8 Å². The molecular weight excluding hydrogens is 599 g/mol. The third-order valence-corrected chi connectivity index (χ3v) is 6.12. The Bertz CT molecular complexity index is 1190. The molecule has 0 radical (unpaired) electrons. The molecule has 2 aromatic carbocycles. The van der Waals surface area contributed by atoms with Gasteiger partial charge < -0.3 is 10.6 Å². The molecule has 0 aliphatic heterocycles. The lowest BCUT2D eigenvalue weighted by Crippen LogP contribution is -2.46. The van der Waals surface area contributed by atoms with Gasteiger partial charge in [0.15, 0.2) is 0 Å². The van der Waals surface area contributed by atoms with Crippen LogP contribution < -0.4 is 10.6 Å². The number of rotatable bonds is 7. The van der Waals surface area contributed by atoms with Gasteiger partial charge in [-0.05, 0) is 42.8 Å². The molecule has 0 spiro atoms. The lowest BCUT2D eigenvalue weighted by molar-refractivity contribution is -0.154. The van der Waals surface area contributed by atoms with Crippen LogP contribution in [-0.2, 0) is 4.79 Å². The summed E-state index contributed by atoms with van der Waals surface area (Å²) in [5.74, 6) is -6.15. The van der Waals surface area contributed by atoms with Gasteiger partial charge in [-0.25, -0.2) is 4.39 Å². The Morgan fingerprint density at radius 2 is 1.49 bits per heavy atom. The molecule has 2 amide bonds. The standard InChI is InChI=1S/C22H15Cl4F7N2O2/c1-9(34-18(36)8-21(28,29)30)35-20(37)12-3-2-10(4-14(12)23)17(27)7-13(22(31,32)33)11-5-15(24)19(26)16(25)6-11/h2-7,9,13H,8H2,1H3,(H,34,36)(H,35,37)/b17-7-. The second kappa shape index (κ2) is 12.1. The van der Waals surface area contributed by atoms with Gasteiger partial charge in [0.1, 0.15) is 18.2 Å². The normalized spacial score (nSPS) is 14.2. The predicted molar refractivity (Wildman–Crippen MR) is 127 cm³/mol. The number of halogens is 11. The fraction of sp³-hybridized carbons (Fsp3) is 0.273. The zero-order valence-electron chi connectivity index (χ0n) is 18.3. The third-order valence-electron chi connectivity index (χ3n) is 4.61. The first-order valence-electron chi connectivity index (χ1n) is 9.94. The fourth-order valence-electron chi connectivity index (χ4n) is 3.01. The number of carbonyl (C=O) groups is 2. The minimum absolute atomic E-state index is 0.174. The first-order valence-corrected chi connectivity index (χ1v) is 11.5. The van der Waals surface area contributed by atoms with Gasteiger partial charge in [-0.3, -0.25) is 9.59 Å². The highest BCUT2D eigenvalue weighted by atomic mass is 35.5. The van der Waals surface area contributed by atoms with E-state index in [0.717, 1.165) is 30.3 Å². The Kier molecular flexibility index (Phi) is 10.1. The molecule has 202 valence electrons. The van der Waals surface area contributed by atoms with Crippen molar-refractivity contribution in [1.82, 2.24) is 10.6 Å². The van der Waals surface area contributed by atoms with Crippen LogP contribution in [-0.4, -0.2) is 30.3 Å². The monoisotopic (exact) mass is 612 g/mol. The van der Waals surface area contributed by atoms with Gasteiger partial charge in [-0.2, -0.15) is 26.3 Å². The van der Waals surface area contributed by atoms with Crippen LogP contribution in [0.1, 0.15) is 40.7 Å². The minimum Gasteiger partial charge on any atom is -0.336 e. The summed E-state index contributed by atoms with van der Waals surface area (Å²) in [6.07, 6.45) is -12.4. The van der Waals surface area contributed by atoms with Crippen LogP contribution in [0.4, 0.5) is 30.7 Å². The average molecular weight is 614 g/mol. The maximum atomic E-state index is 14.9. The number of hydrogen-bond donors (Lipinski definition) is 2. The Hall–Kier alpha value is -2.21. The van der Waals surface area contributed by atoms with Crippen LogP contribution in [0.15, 0.2) is 36.4 Å². The van der Waals surface area contributed by atoms with Gasteiger partial charge in [0, 0.05) is 5.56 Å². The molecule has 2 N–H and O–H groups in total. The van der Waals surface area contributed by atoms with E-state index in [2.05, 4.69) is 5.32 Å². The van der Waals surface area contributed by atoms with Crippen LogP contribution in [0.2, 0.25) is 20.1 Å². The molecule has 0 saturated heterocycles. The van der Waals surface area contributed by atoms with Crippen LogP contribution >= 0.6 is 46.4 Å². The van der Waals surface area contributed by atoms with Crippen LogP contribution in [0, 0.1) is 0 Å². The van der Waals surface area contributed by atoms with Crippen LogP contribution in [0.25, 0.3) is 5.83 Å². The maximum absolute atomic E-state index is 14.9. The molecule has 15 heteroatoms. The zero-order valence-corrected chi connectivity index (χ0v) is 21.3. The first kappa shape index (κ1) is 31.0. The summed E-state index contributed by atoms with van der Waals surface area (Å²) in [6.45, 7) is 1.18. The Morgan fingerprint density at radius 1 is 0.919 bits per heavy atom. The molecule has 2 aromatic rings. The van der Waals surface area contributed by atoms with Crippen molar-refractivity contribution in [3.8, 4) is 0 Å². The molecule has 0 aliphatic rings. The molecular formula is C22H15Cl4F7N2O2. The van der Waals surface area contributed by atoms with E-state index in [-0.39, 0.29) is 31.7 Å². The number of carbonyl (C=O) groups excluding carboxylic acids is 2. The molecule has 2 rings (SSSR count). The second-order valence-electron chi connectivity index (χ2n) is 7.58. The first-order chi connectivity index (χ1) is 16.9. The minimum atomic E-state index is -4.95. The van der Waals surface area contributed by atoms with E-state index in [1.165, 1.54) is 6.92 Å². The van der Waals surface area contributed by atoms with Crippen molar-refractivity contribution >= 4 is 64.0 Å². The molecule has 0 aliphatic carbocycles. The highest BCUT2D eigenvalue weighted by Gasteiger charge is 2.40. The lowest BCUT2D eigenvalue weighted by atomic mass is 9.96. The number of hydrogen-bond acceptors (Lipinski definition) is 2. The van der Waals surface area contributed by atoms with Gasteiger partial charge in [0.2, 0.25) is 5.91 Å². The molecule has 0 bridgehead atoms. The topological polar surface area (TPSA) is 58.2 Å². The van der Waals surface area contributed by atoms with Crippen molar-refractivity contribution in [3.05, 3.63) is 73.2 Å². The van der Waals surface area contributed by atoms with Gasteiger partial charge in [0.05, 0.1) is 31.8 Å². The van der Waals surface area contributed by atoms with Crippen molar-refractivity contribution in [3.63, 3.8) is 0 Å². The van der Waals surface area contributed by atoms with Crippen molar-refractivity contribution in [2.75, 3.05) is 0 Å². The molecule has 2 atom stereocenters. The largest absolute Gasteiger partial charge is 0.399 e. The van der Waals surface area contributed by atoms with Gasteiger partial charge in [-0.15, -0.1) is 0 Å². The summed E-state index contributed by atoms with van der Waals surface area (Å²) in [7, 11) is 0. The van der Waals surface area contributed by atoms with Gasteiger partial charge >= 0.3 is 12.4 Å². The van der Waals surface area contributed by atoms with Crippen molar-refractivity contribution < 1.29 is 40.3 Å². The maximum Gasteiger partial charge on any atom is 0.399 e. The number of nitrogens with one attached hydrogen (secondary N) is 2. The van der Waals surface area contributed by atoms with Gasteiger partial charge in [0.25, 0.3) is 5.91 Å². The van der Waals surface area contributed by atoms with E-state index in [1.54, 1.807) is 0 Å². The predicted octanol–water partition coefficient (Wildman–Crippen LogP) is 8.10. The Morgan fingerprint density at radius 3 is 1.97 bits per heavy atom. The highest BCUT2D eigenvalue weighted by molar-refractivity contribution is 6.48. The lowest BCUT2D eigenvalue weighted by Gasteiger charge is -2.19. The Labute approximate surface area is 225 Å². The van der Waals surface area contributed by atoms with Crippen molar-refractivity contribution in [2.24, 2.45) is 0 Å². The molecule has 37 heavy (non-hydrogen) atoms. The van der Waals surface area contributed by atoms with E-state index >= 15 is 0 Å². The molecule has 0 heterocycles. The molecule has 2 unspecified atom stereocenters. The van der Waals surface area contributed by atoms with E-state index in [1.807, 2.05) is 5.32 Å². The number of benzene rings is 2. The second-order valence-corrected chi connectivity index (χ2v) is 9.18. The van der Waals surface area contributed by atoms with Crippen molar-refractivity contribution in [1.29, 1.82) is 0 Å². The summed E-state index contributed by atoms with van der Waals surface area (Å²) in [6, 6.07) is 4.63. The SMILES string of the molecule is CC(NC(=O)CC(F)(F)F)NC(=O)c1ccc(/C(F)=C/C(c2cc(Cl)c(Cl)c(Cl)c2)C(F)(F)F)cc1Cl. The van der Waals surface area contributed by atoms with Crippen LogP contribution in [0.5, 0.6) is 0 Å². The summed E-state index contributed by atoms with van der Waals surface area (Å²) >= 11 is 23.3. The fourth-order valence-corrected chi connectivity index (χ4v) is 3.89. The smallest absolute Gasteiger partial charge is 0.336 e. The Balaban J connectivity index is 2.26. The summed E-state index contributed by atoms with van der Waals surface area (Å²) < 4.78 is 92.7.